The normalized spacial score (nSPS) is 10.2. The van der Waals surface area contributed by atoms with Gasteiger partial charge in [0, 0.05) is 5.39 Å². The van der Waals surface area contributed by atoms with Crippen molar-refractivity contribution in [3.8, 4) is 11.8 Å². The van der Waals surface area contributed by atoms with E-state index in [2.05, 4.69) is 15.5 Å². The molecule has 0 aliphatic carbocycles. The summed E-state index contributed by atoms with van der Waals surface area (Å²) in [4.78, 5) is 12.2. The second kappa shape index (κ2) is 4.98. The largest absolute Gasteiger partial charge is 0.506 e. The van der Waals surface area contributed by atoms with Gasteiger partial charge in [-0.15, -0.1) is 0 Å². The van der Waals surface area contributed by atoms with Gasteiger partial charge in [-0.25, -0.2) is 0 Å². The zero-order chi connectivity index (χ0) is 14.8. The minimum absolute atomic E-state index is 0.0939. The lowest BCUT2D eigenvalue weighted by molar-refractivity contribution is 0.102. The fourth-order valence-corrected chi connectivity index (χ4v) is 2.09. The standard InChI is InChI=1S/C15H10N4O2/c16-7-10-8-17-19-14(10)18-15(21)12-6-5-9-3-1-2-4-11(9)13(12)20/h1-6,8,20H,(H2,17,18,19,21). The Kier molecular flexibility index (Phi) is 3.01. The number of aromatic amines is 1. The third-order valence-electron chi connectivity index (χ3n) is 3.14. The molecular formula is C15H10N4O2. The smallest absolute Gasteiger partial charge is 0.260 e. The van der Waals surface area contributed by atoms with E-state index in [9.17, 15) is 9.90 Å². The molecule has 0 bridgehead atoms. The van der Waals surface area contributed by atoms with Crippen molar-refractivity contribution in [2.45, 2.75) is 0 Å². The maximum Gasteiger partial charge on any atom is 0.260 e. The predicted octanol–water partition coefficient (Wildman–Crippen LogP) is 2.39. The summed E-state index contributed by atoms with van der Waals surface area (Å²) in [6, 6.07) is 12.4. The number of nitriles is 1. The zero-order valence-corrected chi connectivity index (χ0v) is 10.8. The zero-order valence-electron chi connectivity index (χ0n) is 10.8. The lowest BCUT2D eigenvalue weighted by Gasteiger charge is -2.08. The van der Waals surface area contributed by atoms with Crippen molar-refractivity contribution >= 4 is 22.5 Å². The molecule has 0 saturated carbocycles. The van der Waals surface area contributed by atoms with Crippen molar-refractivity contribution < 1.29 is 9.90 Å². The number of amides is 1. The number of aromatic hydroxyl groups is 1. The Morgan fingerprint density at radius 3 is 2.90 bits per heavy atom. The van der Waals surface area contributed by atoms with Crippen molar-refractivity contribution in [3.05, 3.63) is 53.7 Å². The van der Waals surface area contributed by atoms with Gasteiger partial charge in [-0.1, -0.05) is 30.3 Å². The Balaban J connectivity index is 1.99. The van der Waals surface area contributed by atoms with E-state index >= 15 is 0 Å². The van der Waals surface area contributed by atoms with Gasteiger partial charge >= 0.3 is 0 Å². The van der Waals surface area contributed by atoms with Gasteiger partial charge in [0.1, 0.15) is 23.2 Å². The number of anilines is 1. The molecule has 0 spiro atoms. The molecular weight excluding hydrogens is 268 g/mol. The topological polar surface area (TPSA) is 102 Å². The number of hydrogen-bond acceptors (Lipinski definition) is 4. The number of nitrogens with one attached hydrogen (secondary N) is 2. The average molecular weight is 278 g/mol. The van der Waals surface area contributed by atoms with Gasteiger partial charge in [-0.3, -0.25) is 9.89 Å². The number of carbonyl (C=O) groups excluding carboxylic acids is 1. The third kappa shape index (κ3) is 2.17. The van der Waals surface area contributed by atoms with Crippen LogP contribution in [-0.4, -0.2) is 21.2 Å². The highest BCUT2D eigenvalue weighted by atomic mass is 16.3. The van der Waals surface area contributed by atoms with E-state index in [-0.39, 0.29) is 22.7 Å². The highest BCUT2D eigenvalue weighted by Crippen LogP contribution is 2.29. The molecule has 1 amide bonds. The number of benzene rings is 2. The number of nitrogens with zero attached hydrogens (tertiary/aromatic N) is 2. The van der Waals surface area contributed by atoms with Crippen molar-refractivity contribution in [1.82, 2.24) is 10.2 Å². The number of phenols is 1. The van der Waals surface area contributed by atoms with Crippen LogP contribution in [0, 0.1) is 11.3 Å². The van der Waals surface area contributed by atoms with Gasteiger partial charge in [0.05, 0.1) is 11.8 Å². The summed E-state index contributed by atoms with van der Waals surface area (Å²) in [5.41, 5.74) is 0.357. The quantitative estimate of drug-likeness (QED) is 0.669. The van der Waals surface area contributed by atoms with Crippen LogP contribution in [0.4, 0.5) is 5.82 Å². The molecule has 3 aromatic rings. The fourth-order valence-electron chi connectivity index (χ4n) is 2.09. The number of aromatic nitrogens is 2. The lowest BCUT2D eigenvalue weighted by Crippen LogP contribution is -2.13. The Labute approximate surface area is 119 Å². The Hall–Kier alpha value is -3.33. The van der Waals surface area contributed by atoms with E-state index in [1.54, 1.807) is 18.2 Å². The molecule has 1 aromatic heterocycles. The van der Waals surface area contributed by atoms with Gasteiger partial charge in [-0.05, 0) is 11.5 Å². The van der Waals surface area contributed by atoms with Crippen LogP contribution >= 0.6 is 0 Å². The minimum Gasteiger partial charge on any atom is -0.506 e. The molecule has 102 valence electrons. The molecule has 6 heteroatoms. The van der Waals surface area contributed by atoms with Crippen molar-refractivity contribution in [2.75, 3.05) is 5.32 Å². The third-order valence-corrected chi connectivity index (χ3v) is 3.14. The number of hydrogen-bond donors (Lipinski definition) is 3. The van der Waals surface area contributed by atoms with E-state index in [1.807, 2.05) is 18.2 Å². The first-order valence-corrected chi connectivity index (χ1v) is 6.16. The monoisotopic (exact) mass is 278 g/mol. The summed E-state index contributed by atoms with van der Waals surface area (Å²) >= 11 is 0. The van der Waals surface area contributed by atoms with Gasteiger partial charge < -0.3 is 10.4 Å². The maximum absolute atomic E-state index is 12.2. The Bertz CT molecular complexity index is 877. The molecule has 1 heterocycles. The van der Waals surface area contributed by atoms with Crippen molar-refractivity contribution in [1.29, 1.82) is 5.26 Å². The van der Waals surface area contributed by atoms with E-state index in [0.717, 1.165) is 5.39 Å². The second-order valence-electron chi connectivity index (χ2n) is 4.41. The van der Waals surface area contributed by atoms with Crippen LogP contribution in [0.3, 0.4) is 0 Å². The Morgan fingerprint density at radius 1 is 1.29 bits per heavy atom. The number of fused-ring (bicyclic) bond motifs is 1. The minimum atomic E-state index is -0.515. The van der Waals surface area contributed by atoms with Crippen molar-refractivity contribution in [2.24, 2.45) is 0 Å². The molecule has 0 aliphatic heterocycles. The van der Waals surface area contributed by atoms with Crippen LogP contribution in [0.15, 0.2) is 42.6 Å². The first kappa shape index (κ1) is 12.7. The van der Waals surface area contributed by atoms with Crippen LogP contribution < -0.4 is 5.32 Å². The molecule has 3 rings (SSSR count). The fraction of sp³-hybridized carbons (Fsp3) is 0. The molecule has 0 saturated heterocycles. The molecule has 6 nitrogen and oxygen atoms in total. The summed E-state index contributed by atoms with van der Waals surface area (Å²) in [5.74, 6) is -0.405. The number of carbonyl (C=O) groups is 1. The molecule has 0 radical (unpaired) electrons. The molecule has 0 fully saturated rings. The molecule has 0 atom stereocenters. The van der Waals surface area contributed by atoms with E-state index in [0.29, 0.717) is 5.39 Å². The maximum atomic E-state index is 12.2. The first-order chi connectivity index (χ1) is 10.2. The molecule has 2 aromatic carbocycles. The predicted molar refractivity (Wildman–Crippen MR) is 76.9 cm³/mol. The SMILES string of the molecule is N#Cc1cn[nH]c1NC(=O)c1ccc2ccccc2c1O. The lowest BCUT2D eigenvalue weighted by atomic mass is 10.0. The van der Waals surface area contributed by atoms with Crippen LogP contribution in [0.1, 0.15) is 15.9 Å². The summed E-state index contributed by atoms with van der Waals surface area (Å²) in [5, 5.41) is 29.3. The second-order valence-corrected chi connectivity index (χ2v) is 4.41. The summed E-state index contributed by atoms with van der Waals surface area (Å²) in [6.45, 7) is 0. The van der Waals surface area contributed by atoms with Gasteiger partial charge in [0.2, 0.25) is 0 Å². The molecule has 3 N–H and O–H groups in total. The highest BCUT2D eigenvalue weighted by molar-refractivity contribution is 6.09. The highest BCUT2D eigenvalue weighted by Gasteiger charge is 2.16. The van der Waals surface area contributed by atoms with Gasteiger partial charge in [0.15, 0.2) is 0 Å². The van der Waals surface area contributed by atoms with Crippen LogP contribution in [0.2, 0.25) is 0 Å². The van der Waals surface area contributed by atoms with Crippen molar-refractivity contribution in [3.63, 3.8) is 0 Å². The summed E-state index contributed by atoms with van der Waals surface area (Å²) < 4.78 is 0. The van der Waals surface area contributed by atoms with E-state index in [4.69, 9.17) is 5.26 Å². The van der Waals surface area contributed by atoms with Gasteiger partial charge in [0.25, 0.3) is 5.91 Å². The molecule has 0 unspecified atom stereocenters. The van der Waals surface area contributed by atoms with E-state index < -0.39 is 5.91 Å². The number of H-pyrrole nitrogens is 1. The van der Waals surface area contributed by atoms with Gasteiger partial charge in [-0.2, -0.15) is 10.4 Å². The molecule has 0 aliphatic rings. The first-order valence-electron chi connectivity index (χ1n) is 6.16. The summed E-state index contributed by atoms with van der Waals surface area (Å²) in [6.07, 6.45) is 1.32. The van der Waals surface area contributed by atoms with Crippen LogP contribution in [0.25, 0.3) is 10.8 Å². The summed E-state index contributed by atoms with van der Waals surface area (Å²) in [7, 11) is 0. The Morgan fingerprint density at radius 2 is 2.10 bits per heavy atom. The van der Waals surface area contributed by atoms with E-state index in [1.165, 1.54) is 12.3 Å². The van der Waals surface area contributed by atoms with Crippen LogP contribution in [0.5, 0.6) is 5.75 Å². The number of phenolic OH excluding ortho intramolecular Hbond substituents is 1. The number of rotatable bonds is 2. The van der Waals surface area contributed by atoms with Crippen LogP contribution in [-0.2, 0) is 0 Å². The average Bonchev–Trinajstić information content (AvgIpc) is 2.95. The molecule has 21 heavy (non-hydrogen) atoms.